The molecule has 10 nitrogen and oxygen atoms in total. The number of quaternary nitrogens is 2. The Morgan fingerprint density at radius 2 is 0.935 bits per heavy atom. The van der Waals surface area contributed by atoms with E-state index in [4.69, 9.17) is 9.47 Å². The molecule has 3 aliphatic heterocycles. The maximum Gasteiger partial charge on any atom is 0.292 e. The van der Waals surface area contributed by atoms with Gasteiger partial charge in [0, 0.05) is 0 Å². The highest BCUT2D eigenvalue weighted by Crippen LogP contribution is 2.26. The van der Waals surface area contributed by atoms with Crippen molar-refractivity contribution in [1.82, 2.24) is 0 Å². The molecule has 0 bridgehead atoms. The molecule has 2 aromatic rings. The predicted molar refractivity (Wildman–Crippen MR) is 175 cm³/mol. The van der Waals surface area contributed by atoms with Gasteiger partial charge in [-0.1, -0.05) is 52.4 Å². The number of unbranched alkanes of at least 4 members (excludes halogenated alkanes) is 6. The Labute approximate surface area is 272 Å². The van der Waals surface area contributed by atoms with Crippen molar-refractivity contribution in [2.75, 3.05) is 49.2 Å². The Bertz CT molecular complexity index is 1240. The van der Waals surface area contributed by atoms with Crippen LogP contribution in [-0.2, 0) is 19.2 Å². The van der Waals surface area contributed by atoms with Gasteiger partial charge in [-0.05, 0) is 61.4 Å². The molecule has 3 heterocycles. The number of rotatable bonds is 16. The first-order valence-electron chi connectivity index (χ1n) is 17.3. The average Bonchev–Trinajstić information content (AvgIpc) is 3.54. The molecule has 46 heavy (non-hydrogen) atoms. The molecule has 5 rings (SSSR count). The van der Waals surface area contributed by atoms with E-state index in [2.05, 4.69) is 13.8 Å². The van der Waals surface area contributed by atoms with Crippen molar-refractivity contribution in [1.29, 1.82) is 0 Å². The van der Waals surface area contributed by atoms with Gasteiger partial charge in [-0.15, -0.1) is 0 Å². The first-order chi connectivity index (χ1) is 22.4. The van der Waals surface area contributed by atoms with Crippen LogP contribution in [0.5, 0.6) is 11.5 Å². The molecule has 0 unspecified atom stereocenters. The van der Waals surface area contributed by atoms with Crippen molar-refractivity contribution >= 4 is 35.0 Å². The van der Waals surface area contributed by atoms with E-state index in [0.29, 0.717) is 50.8 Å². The largest absolute Gasteiger partial charge is 0.494 e. The average molecular weight is 635 g/mol. The summed E-state index contributed by atoms with van der Waals surface area (Å²) in [5.41, 5.74) is 1.14. The van der Waals surface area contributed by atoms with E-state index in [1.807, 2.05) is 24.3 Å². The van der Waals surface area contributed by atoms with Crippen LogP contribution in [0.1, 0.15) is 78.1 Å². The monoisotopic (exact) mass is 634 g/mol. The Balaban J connectivity index is 1.11. The SMILES string of the molecule is CCCCCCOc1ccc(N2C(=O)C[C@H]([NH+]3CC[NH+]([C@H]4CC(=O)N(c5ccc(OCCCCCC)cc5)C4=O)CC3)C2=O)cc1. The van der Waals surface area contributed by atoms with Crippen LogP contribution < -0.4 is 29.1 Å². The number of hydrogen-bond acceptors (Lipinski definition) is 6. The fraction of sp³-hybridized carbons (Fsp3) is 0.556. The second kappa shape index (κ2) is 16.2. The Kier molecular flexibility index (Phi) is 11.8. The highest BCUT2D eigenvalue weighted by atomic mass is 16.5. The van der Waals surface area contributed by atoms with E-state index in [1.54, 1.807) is 24.3 Å². The minimum absolute atomic E-state index is 0.173. The molecule has 0 aromatic heterocycles. The third-order valence-electron chi connectivity index (χ3n) is 9.54. The van der Waals surface area contributed by atoms with Gasteiger partial charge in [0.15, 0.2) is 12.1 Å². The standard InChI is InChI=1S/C36H48N4O6/c1-3-5-7-9-23-45-29-15-11-27(12-16-29)39-33(41)25-31(35(39)43)37-19-21-38(22-20-37)32-26-34(42)40(36(32)44)28-13-17-30(18-14-28)46-24-10-8-6-4-2/h11-18,31-32H,3-10,19-26H2,1-2H3/p+2/t31-,32-/m0/s1. The van der Waals surface area contributed by atoms with E-state index >= 15 is 0 Å². The number of imide groups is 2. The predicted octanol–water partition coefficient (Wildman–Crippen LogP) is 2.35. The summed E-state index contributed by atoms with van der Waals surface area (Å²) in [7, 11) is 0. The zero-order chi connectivity index (χ0) is 32.5. The molecule has 4 amide bonds. The highest BCUT2D eigenvalue weighted by molar-refractivity contribution is 6.22. The van der Waals surface area contributed by atoms with Gasteiger partial charge in [-0.25, -0.2) is 9.80 Å². The van der Waals surface area contributed by atoms with Crippen molar-refractivity contribution in [3.63, 3.8) is 0 Å². The lowest BCUT2D eigenvalue weighted by molar-refractivity contribution is -1.02. The summed E-state index contributed by atoms with van der Waals surface area (Å²) in [5.74, 6) is 0.736. The number of carbonyl (C=O) groups is 4. The first kappa shape index (κ1) is 33.6. The third-order valence-corrected chi connectivity index (χ3v) is 9.54. The molecule has 3 aliphatic rings. The molecule has 0 radical (unpaired) electrons. The number of ether oxygens (including phenoxy) is 2. The summed E-state index contributed by atoms with van der Waals surface area (Å²) >= 11 is 0. The van der Waals surface area contributed by atoms with Gasteiger partial charge in [-0.2, -0.15) is 0 Å². The minimum atomic E-state index is -0.437. The Morgan fingerprint density at radius 3 is 1.28 bits per heavy atom. The summed E-state index contributed by atoms with van der Waals surface area (Å²) in [6.45, 7) is 8.27. The number of amides is 4. The van der Waals surface area contributed by atoms with E-state index in [-0.39, 0.29) is 36.5 Å². The zero-order valence-corrected chi connectivity index (χ0v) is 27.4. The summed E-state index contributed by atoms with van der Waals surface area (Å²) in [5, 5.41) is 0. The van der Waals surface area contributed by atoms with Crippen molar-refractivity contribution in [2.24, 2.45) is 0 Å². The summed E-state index contributed by atoms with van der Waals surface area (Å²) in [6, 6.07) is 13.5. The van der Waals surface area contributed by atoms with Crippen LogP contribution in [0.25, 0.3) is 0 Å². The highest BCUT2D eigenvalue weighted by Gasteiger charge is 2.50. The fourth-order valence-electron chi connectivity index (χ4n) is 6.85. The maximum atomic E-state index is 13.5. The van der Waals surface area contributed by atoms with Gasteiger partial charge < -0.3 is 19.3 Å². The molecule has 0 aliphatic carbocycles. The third kappa shape index (κ3) is 7.96. The van der Waals surface area contributed by atoms with Crippen molar-refractivity contribution in [3.05, 3.63) is 48.5 Å². The fourth-order valence-corrected chi connectivity index (χ4v) is 6.85. The summed E-state index contributed by atoms with van der Waals surface area (Å²) < 4.78 is 11.6. The van der Waals surface area contributed by atoms with Crippen molar-refractivity contribution in [3.8, 4) is 11.5 Å². The minimum Gasteiger partial charge on any atom is -0.494 e. The molecular formula is C36H50N4O6+2. The number of anilines is 2. The Hall–Kier alpha value is -3.76. The van der Waals surface area contributed by atoms with Gasteiger partial charge >= 0.3 is 0 Å². The number of hydrogen-bond donors (Lipinski definition) is 2. The molecular weight excluding hydrogens is 584 g/mol. The van der Waals surface area contributed by atoms with Crippen LogP contribution in [-0.4, -0.2) is 75.1 Å². The van der Waals surface area contributed by atoms with Crippen LogP contribution in [0.3, 0.4) is 0 Å². The normalized spacial score (nSPS) is 23.4. The van der Waals surface area contributed by atoms with Crippen LogP contribution in [0.2, 0.25) is 0 Å². The molecule has 0 spiro atoms. The second-order valence-corrected chi connectivity index (χ2v) is 12.8. The van der Waals surface area contributed by atoms with Crippen LogP contribution in [0, 0.1) is 0 Å². The first-order valence-corrected chi connectivity index (χ1v) is 17.3. The van der Waals surface area contributed by atoms with Gasteiger partial charge in [0.2, 0.25) is 11.8 Å². The summed E-state index contributed by atoms with van der Waals surface area (Å²) in [6.07, 6.45) is 9.39. The summed E-state index contributed by atoms with van der Waals surface area (Å²) in [4.78, 5) is 57.6. The van der Waals surface area contributed by atoms with Gasteiger partial charge in [-0.3, -0.25) is 19.2 Å². The molecule has 10 heteroatoms. The Morgan fingerprint density at radius 1 is 0.565 bits per heavy atom. The van der Waals surface area contributed by atoms with E-state index < -0.39 is 12.1 Å². The van der Waals surface area contributed by atoms with Crippen LogP contribution in [0.4, 0.5) is 11.4 Å². The van der Waals surface area contributed by atoms with Gasteiger partial charge in [0.1, 0.15) is 37.7 Å². The molecule has 3 saturated heterocycles. The smallest absolute Gasteiger partial charge is 0.292 e. The molecule has 2 N–H and O–H groups in total. The zero-order valence-electron chi connectivity index (χ0n) is 27.4. The molecule has 3 fully saturated rings. The van der Waals surface area contributed by atoms with Crippen LogP contribution in [0.15, 0.2) is 48.5 Å². The number of nitrogens with one attached hydrogen (secondary N) is 2. The number of piperazine rings is 1. The molecule has 2 atom stereocenters. The molecule has 248 valence electrons. The maximum absolute atomic E-state index is 13.5. The van der Waals surface area contributed by atoms with E-state index in [1.165, 1.54) is 35.5 Å². The van der Waals surface area contributed by atoms with E-state index in [0.717, 1.165) is 47.0 Å². The van der Waals surface area contributed by atoms with E-state index in [9.17, 15) is 19.2 Å². The topological polar surface area (TPSA) is 102 Å². The lowest BCUT2D eigenvalue weighted by Gasteiger charge is -2.34. The molecule has 0 saturated carbocycles. The second-order valence-electron chi connectivity index (χ2n) is 12.8. The number of nitrogens with zero attached hydrogens (tertiary/aromatic N) is 2. The van der Waals surface area contributed by atoms with Crippen molar-refractivity contribution in [2.45, 2.75) is 90.1 Å². The van der Waals surface area contributed by atoms with Gasteiger partial charge in [0.05, 0.1) is 37.4 Å². The quantitative estimate of drug-likeness (QED) is 0.217. The van der Waals surface area contributed by atoms with Gasteiger partial charge in [0.25, 0.3) is 11.8 Å². The van der Waals surface area contributed by atoms with Crippen LogP contribution >= 0.6 is 0 Å². The lowest BCUT2D eigenvalue weighted by atomic mass is 10.1. The number of benzene rings is 2. The van der Waals surface area contributed by atoms with Crippen molar-refractivity contribution < 1.29 is 38.5 Å². The lowest BCUT2D eigenvalue weighted by Crippen LogP contribution is -3.31. The number of carbonyl (C=O) groups excluding carboxylic acids is 4. The molecule has 2 aromatic carbocycles.